The molecular weight excluding hydrogens is 415 g/mol. The Kier molecular flexibility index (Phi) is 17.8. The van der Waals surface area contributed by atoms with Gasteiger partial charge in [-0.3, -0.25) is 13.8 Å². The molecule has 2 N–H and O–H groups in total. The highest BCUT2D eigenvalue weighted by Gasteiger charge is 2.25. The maximum atomic E-state index is 12.3. The molecule has 0 aliphatic heterocycles. The van der Waals surface area contributed by atoms with E-state index in [1.54, 1.807) is 0 Å². The molecule has 1 unspecified atom stereocenters. The number of carbonyl (C=O) groups excluding carboxylic acids is 1. The molecule has 0 aliphatic rings. The van der Waals surface area contributed by atoms with Gasteiger partial charge in [0, 0.05) is 6.42 Å². The third-order valence-corrected chi connectivity index (χ3v) is 6.22. The number of hydrogen-bond donors (Lipinski definition) is 2. The van der Waals surface area contributed by atoms with Crippen LogP contribution in [0.15, 0.2) is 0 Å². The zero-order valence-electron chi connectivity index (χ0n) is 20.9. The Morgan fingerprint density at radius 3 is 2.00 bits per heavy atom. The fraction of sp³-hybridized carbons (Fsp3) is 0.957. The molecule has 8 heteroatoms. The van der Waals surface area contributed by atoms with E-state index in [4.69, 9.17) is 9.05 Å². The van der Waals surface area contributed by atoms with Gasteiger partial charge in [0.1, 0.15) is 13.2 Å². The quantitative estimate of drug-likeness (QED) is 0.134. The summed E-state index contributed by atoms with van der Waals surface area (Å²) in [5, 5.41) is 2.98. The summed E-state index contributed by atoms with van der Waals surface area (Å²) < 4.78 is 23.0. The van der Waals surface area contributed by atoms with Crippen molar-refractivity contribution >= 4 is 13.7 Å². The Morgan fingerprint density at radius 1 is 0.903 bits per heavy atom. The van der Waals surface area contributed by atoms with E-state index < -0.39 is 7.82 Å². The maximum absolute atomic E-state index is 12.3. The van der Waals surface area contributed by atoms with Crippen molar-refractivity contribution in [1.29, 1.82) is 0 Å². The molecular formula is C23H50N2O5P+. The van der Waals surface area contributed by atoms with E-state index in [1.165, 1.54) is 44.9 Å². The van der Waals surface area contributed by atoms with Crippen molar-refractivity contribution in [3.63, 3.8) is 0 Å². The minimum absolute atomic E-state index is 0.00799. The summed E-state index contributed by atoms with van der Waals surface area (Å²) in [5.41, 5.74) is 0. The smallest absolute Gasteiger partial charge is 0.351 e. The van der Waals surface area contributed by atoms with Crippen LogP contribution in [0.3, 0.4) is 0 Å². The lowest BCUT2D eigenvalue weighted by molar-refractivity contribution is -0.870. The number of phosphoric acid groups is 1. The van der Waals surface area contributed by atoms with Gasteiger partial charge in [0.15, 0.2) is 0 Å². The Bertz CT molecular complexity index is 497. The van der Waals surface area contributed by atoms with Gasteiger partial charge < -0.3 is 14.7 Å². The van der Waals surface area contributed by atoms with E-state index in [2.05, 4.69) is 19.2 Å². The number of likely N-dealkylation sites (N-methyl/N-ethyl adjacent to an activating group) is 1. The SMILES string of the molecule is CCCCCCCCCCCC(=O)N[C@@H](CCCC)COP(=O)(O)OCC[N+](C)(C)C. The summed E-state index contributed by atoms with van der Waals surface area (Å²) in [6, 6.07) is -0.270. The summed E-state index contributed by atoms with van der Waals surface area (Å²) in [6.45, 7) is 5.03. The van der Waals surface area contributed by atoms with Crippen LogP contribution in [0, 0.1) is 0 Å². The average Bonchev–Trinajstić information content (AvgIpc) is 2.67. The summed E-state index contributed by atoms with van der Waals surface area (Å²) in [4.78, 5) is 22.2. The van der Waals surface area contributed by atoms with E-state index in [-0.39, 0.29) is 25.2 Å². The van der Waals surface area contributed by atoms with E-state index in [9.17, 15) is 14.3 Å². The van der Waals surface area contributed by atoms with Crippen molar-refractivity contribution in [2.45, 2.75) is 103 Å². The summed E-state index contributed by atoms with van der Waals surface area (Å²) in [6.07, 6.45) is 14.1. The Labute approximate surface area is 191 Å². The number of hydrogen-bond acceptors (Lipinski definition) is 4. The maximum Gasteiger partial charge on any atom is 0.472 e. The first-order chi connectivity index (χ1) is 14.6. The van der Waals surface area contributed by atoms with Crippen LogP contribution < -0.4 is 5.32 Å². The largest absolute Gasteiger partial charge is 0.472 e. The van der Waals surface area contributed by atoms with Crippen molar-refractivity contribution in [3.05, 3.63) is 0 Å². The second kappa shape index (κ2) is 18.0. The highest BCUT2D eigenvalue weighted by Crippen LogP contribution is 2.43. The van der Waals surface area contributed by atoms with Crippen molar-refractivity contribution in [3.8, 4) is 0 Å². The first kappa shape index (κ1) is 30.5. The number of amides is 1. The van der Waals surface area contributed by atoms with Crippen LogP contribution in [0.5, 0.6) is 0 Å². The zero-order valence-corrected chi connectivity index (χ0v) is 21.8. The highest BCUT2D eigenvalue weighted by atomic mass is 31.2. The molecule has 0 bridgehead atoms. The molecule has 0 aliphatic carbocycles. The van der Waals surface area contributed by atoms with E-state index in [0.717, 1.165) is 32.1 Å². The molecule has 186 valence electrons. The van der Waals surface area contributed by atoms with Gasteiger partial charge in [-0.1, -0.05) is 78.1 Å². The third-order valence-electron chi connectivity index (χ3n) is 5.23. The molecule has 7 nitrogen and oxygen atoms in total. The van der Waals surface area contributed by atoms with Crippen molar-refractivity contribution in [2.24, 2.45) is 0 Å². The predicted octanol–water partition coefficient (Wildman–Crippen LogP) is 5.42. The van der Waals surface area contributed by atoms with Crippen LogP contribution in [0.1, 0.15) is 97.3 Å². The lowest BCUT2D eigenvalue weighted by atomic mass is 10.1. The molecule has 1 amide bonds. The Hall–Kier alpha value is -0.460. The molecule has 0 saturated heterocycles. The molecule has 0 spiro atoms. The van der Waals surface area contributed by atoms with E-state index in [1.807, 2.05) is 21.1 Å². The van der Waals surface area contributed by atoms with Crippen LogP contribution in [0.25, 0.3) is 0 Å². The van der Waals surface area contributed by atoms with Crippen LogP contribution in [0.4, 0.5) is 0 Å². The van der Waals surface area contributed by atoms with Gasteiger partial charge in [0.25, 0.3) is 0 Å². The molecule has 0 aromatic heterocycles. The molecule has 0 saturated carbocycles. The highest BCUT2D eigenvalue weighted by molar-refractivity contribution is 7.47. The van der Waals surface area contributed by atoms with Crippen LogP contribution in [-0.2, 0) is 18.4 Å². The summed E-state index contributed by atoms with van der Waals surface area (Å²) in [5.74, 6) is -0.00799. The number of quaternary nitrogens is 1. The monoisotopic (exact) mass is 465 g/mol. The standard InChI is InChI=1S/C23H49N2O5P/c1-6-8-10-11-12-13-14-15-16-18-23(26)24-22(17-9-7-2)21-30-31(27,28)29-20-19-25(3,4)5/h22H,6-21H2,1-5H3,(H-,24,26,27,28)/p+1/t22-/m0/s1. The first-order valence-corrected chi connectivity index (χ1v) is 13.8. The number of rotatable bonds is 21. The molecule has 31 heavy (non-hydrogen) atoms. The fourth-order valence-corrected chi connectivity index (χ4v) is 3.95. The third kappa shape index (κ3) is 21.2. The minimum atomic E-state index is -4.11. The van der Waals surface area contributed by atoms with E-state index in [0.29, 0.717) is 17.4 Å². The summed E-state index contributed by atoms with van der Waals surface area (Å²) >= 11 is 0. The summed E-state index contributed by atoms with van der Waals surface area (Å²) in [7, 11) is 1.83. The molecule has 0 radical (unpaired) electrons. The van der Waals surface area contributed by atoms with Crippen LogP contribution >= 0.6 is 7.82 Å². The topological polar surface area (TPSA) is 84.9 Å². The van der Waals surface area contributed by atoms with Gasteiger partial charge in [0.05, 0.1) is 33.8 Å². The number of carbonyl (C=O) groups is 1. The molecule has 0 aromatic rings. The van der Waals surface area contributed by atoms with Gasteiger partial charge >= 0.3 is 7.82 Å². The lowest BCUT2D eigenvalue weighted by Gasteiger charge is -2.24. The normalized spacial score (nSPS) is 14.9. The molecule has 0 fully saturated rings. The Balaban J connectivity index is 4.14. The van der Waals surface area contributed by atoms with Gasteiger partial charge in [0.2, 0.25) is 5.91 Å². The molecule has 0 heterocycles. The molecule has 0 aromatic carbocycles. The zero-order chi connectivity index (χ0) is 23.6. The van der Waals surface area contributed by atoms with Crippen molar-refractivity contribution in [2.75, 3.05) is 40.9 Å². The number of nitrogens with one attached hydrogen (secondary N) is 1. The minimum Gasteiger partial charge on any atom is -0.351 e. The Morgan fingerprint density at radius 2 is 1.45 bits per heavy atom. The fourth-order valence-electron chi connectivity index (χ4n) is 3.20. The van der Waals surface area contributed by atoms with E-state index >= 15 is 0 Å². The van der Waals surface area contributed by atoms with Crippen LogP contribution in [-0.4, -0.2) is 62.2 Å². The van der Waals surface area contributed by atoms with Gasteiger partial charge in [-0.15, -0.1) is 0 Å². The van der Waals surface area contributed by atoms with Crippen molar-refractivity contribution in [1.82, 2.24) is 5.32 Å². The lowest BCUT2D eigenvalue weighted by Crippen LogP contribution is -2.38. The second-order valence-electron chi connectivity index (χ2n) is 9.60. The molecule has 0 rings (SSSR count). The number of phosphoric ester groups is 1. The van der Waals surface area contributed by atoms with Gasteiger partial charge in [-0.2, -0.15) is 0 Å². The second-order valence-corrected chi connectivity index (χ2v) is 11.1. The first-order valence-electron chi connectivity index (χ1n) is 12.3. The van der Waals surface area contributed by atoms with Gasteiger partial charge in [-0.05, 0) is 12.8 Å². The molecule has 2 atom stereocenters. The van der Waals surface area contributed by atoms with Crippen LogP contribution in [0.2, 0.25) is 0 Å². The van der Waals surface area contributed by atoms with Gasteiger partial charge in [-0.25, -0.2) is 4.57 Å². The number of unbranched alkanes of at least 4 members (excludes halogenated alkanes) is 9. The number of nitrogens with zero attached hydrogens (tertiary/aromatic N) is 1. The average molecular weight is 466 g/mol. The predicted molar refractivity (Wildman–Crippen MR) is 128 cm³/mol. The van der Waals surface area contributed by atoms with Crippen molar-refractivity contribution < 1.29 is 27.8 Å².